The Hall–Kier alpha value is -3.75. The van der Waals surface area contributed by atoms with Crippen molar-refractivity contribution in [3.05, 3.63) is 96.1 Å². The third kappa shape index (κ3) is 4.98. The molecule has 0 aliphatic carbocycles. The van der Waals surface area contributed by atoms with E-state index in [1.54, 1.807) is 14.7 Å². The molecule has 2 fully saturated rings. The maximum Gasteiger partial charge on any atom is 0.249 e. The van der Waals surface area contributed by atoms with E-state index >= 15 is 0 Å². The highest BCUT2D eigenvalue weighted by molar-refractivity contribution is 6.00. The monoisotopic (exact) mass is 597 g/mol. The van der Waals surface area contributed by atoms with E-state index in [-0.39, 0.29) is 24.3 Å². The van der Waals surface area contributed by atoms with Gasteiger partial charge in [-0.25, -0.2) is 0 Å². The Morgan fingerprint density at radius 2 is 1.50 bits per heavy atom. The van der Waals surface area contributed by atoms with Gasteiger partial charge in [-0.15, -0.1) is 0 Å². The Balaban J connectivity index is 1.45. The van der Waals surface area contributed by atoms with Crippen LogP contribution in [-0.2, 0) is 32.1 Å². The van der Waals surface area contributed by atoms with E-state index in [0.29, 0.717) is 39.0 Å². The smallest absolute Gasteiger partial charge is 0.249 e. The van der Waals surface area contributed by atoms with Crippen LogP contribution in [0.3, 0.4) is 0 Å². The number of unbranched alkanes of at least 4 members (excludes halogenated alkanes) is 1. The van der Waals surface area contributed by atoms with Crippen molar-refractivity contribution in [2.75, 3.05) is 26.2 Å². The number of aliphatic hydroxyl groups excluding tert-OH is 1. The molecule has 2 saturated heterocycles. The van der Waals surface area contributed by atoms with Gasteiger partial charge in [0.25, 0.3) is 0 Å². The molecule has 6 rings (SSSR count). The summed E-state index contributed by atoms with van der Waals surface area (Å²) in [6, 6.07) is 17.9. The van der Waals surface area contributed by atoms with Crippen LogP contribution in [0.4, 0.5) is 0 Å². The first kappa shape index (κ1) is 30.3. The Morgan fingerprint density at radius 3 is 2.16 bits per heavy atom. The van der Waals surface area contributed by atoms with Crippen molar-refractivity contribution in [2.45, 2.75) is 69.4 Å². The molecule has 0 bridgehead atoms. The van der Waals surface area contributed by atoms with Gasteiger partial charge >= 0.3 is 0 Å². The van der Waals surface area contributed by atoms with Crippen molar-refractivity contribution in [3.8, 4) is 0 Å². The number of ether oxygens (including phenoxy) is 1. The predicted molar refractivity (Wildman–Crippen MR) is 167 cm³/mol. The van der Waals surface area contributed by atoms with E-state index in [0.717, 1.165) is 24.0 Å². The van der Waals surface area contributed by atoms with Crippen molar-refractivity contribution in [1.29, 1.82) is 0 Å². The lowest BCUT2D eigenvalue weighted by atomic mass is 9.73. The van der Waals surface area contributed by atoms with Crippen molar-refractivity contribution in [3.63, 3.8) is 0 Å². The van der Waals surface area contributed by atoms with Crippen LogP contribution in [0.2, 0.25) is 0 Å². The van der Waals surface area contributed by atoms with Gasteiger partial charge in [-0.1, -0.05) is 105 Å². The highest BCUT2D eigenvalue weighted by atomic mass is 16.5. The molecule has 0 aromatic heterocycles. The average Bonchev–Trinajstić information content (AvgIpc) is 3.35. The van der Waals surface area contributed by atoms with E-state index in [2.05, 4.69) is 6.92 Å². The molecule has 44 heavy (non-hydrogen) atoms. The zero-order valence-corrected chi connectivity index (χ0v) is 25.7. The molecule has 6 atom stereocenters. The summed E-state index contributed by atoms with van der Waals surface area (Å²) >= 11 is 0. The maximum atomic E-state index is 14.9. The number of carbonyl (C=O) groups is 3. The number of hydrogen-bond acceptors (Lipinski definition) is 5. The molecule has 4 heterocycles. The van der Waals surface area contributed by atoms with Crippen LogP contribution in [-0.4, -0.2) is 87.1 Å². The lowest BCUT2D eigenvalue weighted by molar-refractivity contribution is -0.157. The summed E-state index contributed by atoms with van der Waals surface area (Å²) in [7, 11) is 0. The number of likely N-dealkylation sites (tertiary alicyclic amines) is 1. The van der Waals surface area contributed by atoms with E-state index in [9.17, 15) is 19.5 Å². The van der Waals surface area contributed by atoms with Gasteiger partial charge in [-0.3, -0.25) is 14.4 Å². The normalized spacial score (nSPS) is 30.2. The highest BCUT2D eigenvalue weighted by Gasteiger charge is 2.75. The second-order valence-electron chi connectivity index (χ2n) is 12.5. The number of aliphatic hydroxyl groups is 1. The second kappa shape index (κ2) is 12.3. The van der Waals surface area contributed by atoms with Gasteiger partial charge in [0.05, 0.1) is 30.1 Å². The summed E-state index contributed by atoms with van der Waals surface area (Å²) < 4.78 is 7.10. The average molecular weight is 598 g/mol. The van der Waals surface area contributed by atoms with Gasteiger partial charge in [0.2, 0.25) is 17.7 Å². The number of carbonyl (C=O) groups excluding carboxylic acids is 3. The zero-order valence-electron chi connectivity index (χ0n) is 25.7. The number of fused-ring (bicyclic) bond motifs is 2. The summed E-state index contributed by atoms with van der Waals surface area (Å²) in [4.78, 5) is 49.3. The number of rotatable bonds is 10. The van der Waals surface area contributed by atoms with Crippen molar-refractivity contribution < 1.29 is 24.2 Å². The minimum atomic E-state index is -1.34. The van der Waals surface area contributed by atoms with Gasteiger partial charge in [0, 0.05) is 26.2 Å². The first-order valence-corrected chi connectivity index (χ1v) is 16.0. The number of hydrogen-bond donors (Lipinski definition) is 1. The summed E-state index contributed by atoms with van der Waals surface area (Å²) in [6.45, 7) is 5.54. The van der Waals surface area contributed by atoms with Gasteiger partial charge in [0.15, 0.2) is 0 Å². The highest BCUT2D eigenvalue weighted by Crippen LogP contribution is 2.59. The van der Waals surface area contributed by atoms with E-state index in [4.69, 9.17) is 4.74 Å². The van der Waals surface area contributed by atoms with E-state index in [1.165, 1.54) is 0 Å². The van der Waals surface area contributed by atoms with Crippen molar-refractivity contribution >= 4 is 17.7 Å². The van der Waals surface area contributed by atoms with Crippen LogP contribution in [0.5, 0.6) is 0 Å². The maximum absolute atomic E-state index is 14.9. The lowest BCUT2D eigenvalue weighted by Crippen LogP contribution is -2.59. The minimum Gasteiger partial charge on any atom is -0.394 e. The third-order valence-corrected chi connectivity index (χ3v) is 9.96. The minimum absolute atomic E-state index is 0.145. The van der Waals surface area contributed by atoms with E-state index < -0.39 is 35.1 Å². The van der Waals surface area contributed by atoms with Crippen LogP contribution in [0.15, 0.2) is 85.0 Å². The molecule has 4 aliphatic heterocycles. The fourth-order valence-corrected chi connectivity index (χ4v) is 7.82. The SMILES string of the molecule is CCCCN1CC=C[C@]23O[C@]4(CC)C=CCN(Cc5ccccc5)C(=O)[C@@H]4[C@H]2C(=O)N([C@@H](CO)Cc2ccccc2)C3C1=O. The molecule has 1 spiro atoms. The van der Waals surface area contributed by atoms with Gasteiger partial charge in [-0.05, 0) is 30.4 Å². The van der Waals surface area contributed by atoms with E-state index in [1.807, 2.05) is 91.9 Å². The molecule has 0 saturated carbocycles. The fourth-order valence-electron chi connectivity index (χ4n) is 7.82. The quantitative estimate of drug-likeness (QED) is 0.422. The first-order valence-electron chi connectivity index (χ1n) is 16.0. The molecule has 3 amide bonds. The molecule has 4 aliphatic rings. The molecule has 2 aromatic carbocycles. The molecule has 8 nitrogen and oxygen atoms in total. The Morgan fingerprint density at radius 1 is 0.841 bits per heavy atom. The van der Waals surface area contributed by atoms with Crippen molar-refractivity contribution in [2.24, 2.45) is 11.8 Å². The predicted octanol–water partition coefficient (Wildman–Crippen LogP) is 3.75. The van der Waals surface area contributed by atoms with Gasteiger partial charge in [0.1, 0.15) is 11.6 Å². The van der Waals surface area contributed by atoms with Crippen molar-refractivity contribution in [1.82, 2.24) is 14.7 Å². The molecule has 1 unspecified atom stereocenters. The third-order valence-electron chi connectivity index (χ3n) is 9.96. The summed E-state index contributed by atoms with van der Waals surface area (Å²) in [5, 5.41) is 10.7. The Bertz CT molecular complexity index is 1430. The van der Waals surface area contributed by atoms with Crippen LogP contribution < -0.4 is 0 Å². The largest absolute Gasteiger partial charge is 0.394 e. The second-order valence-corrected chi connectivity index (χ2v) is 12.5. The molecule has 2 aromatic rings. The number of amides is 3. The zero-order chi connectivity index (χ0) is 30.9. The van der Waals surface area contributed by atoms with Crippen LogP contribution in [0.1, 0.15) is 44.2 Å². The Kier molecular flexibility index (Phi) is 8.49. The molecule has 0 radical (unpaired) electrons. The standard InChI is InChI=1S/C36H43N3O5/c1-3-5-20-37-21-13-19-36-30(33(42)39(31(36)34(37)43)28(25-40)23-26-14-8-6-9-15-26)29-32(41)38(24-27-16-10-7-11-17-27)22-12-18-35(29,4-2)44-36/h6-19,28-31,40H,3-5,20-25H2,1-2H3/t28-,29+,30+,31?,35-,36+/m1/s1. The molecular weight excluding hydrogens is 554 g/mol. The summed E-state index contributed by atoms with van der Waals surface area (Å²) in [5.41, 5.74) is -0.417. The van der Waals surface area contributed by atoms with Crippen LogP contribution in [0.25, 0.3) is 0 Å². The van der Waals surface area contributed by atoms with Gasteiger partial charge < -0.3 is 24.5 Å². The van der Waals surface area contributed by atoms with Crippen LogP contribution >= 0.6 is 0 Å². The topological polar surface area (TPSA) is 90.4 Å². The Labute approximate surface area is 260 Å². The lowest BCUT2D eigenvalue weighted by Gasteiger charge is -2.41. The number of benzene rings is 2. The fraction of sp³-hybridized carbons (Fsp3) is 0.472. The summed E-state index contributed by atoms with van der Waals surface area (Å²) in [6.07, 6.45) is 10.4. The first-order chi connectivity index (χ1) is 21.4. The van der Waals surface area contributed by atoms with Crippen LogP contribution in [0, 0.1) is 11.8 Å². The number of nitrogens with zero attached hydrogens (tertiary/aromatic N) is 3. The molecule has 8 heteroatoms. The molecular formula is C36H43N3O5. The van der Waals surface area contributed by atoms with Gasteiger partial charge in [-0.2, -0.15) is 0 Å². The molecule has 232 valence electrons. The summed E-state index contributed by atoms with van der Waals surface area (Å²) in [5.74, 6) is -2.36. The molecule has 1 N–H and O–H groups in total.